The van der Waals surface area contributed by atoms with Gasteiger partial charge < -0.3 is 34.3 Å². The standard InChI is InChI=1S/C16H25FN2.2C15H24N2.C15H21N.2C14H22N2.C13H19ClN2.C13H19FN2.C13H19N/c1-11(2)18-9-13(4)19(14(5)10-18)16-7-12(3)6-15(17)8-16;2*1-12(2)16-7-9-17(10-8-16)15-6-5-13(3)11-14(15)4;1-12(2)16-10-8-15(9-11-16)14-6-4-13(3)5-7-14;1-12(2)15-8-10-16(11-9-15)14-6-4-13(3)5-7-14;1-12(2)15-8-10-16(11-9-15)14-7-5-4-6-13(14)3;2*1-11(2)15-7-9-16(10-8-15)13-6-4-3-5-12(13)14;1-10(2)14-7-6-12-8-11(3)4-5-13(12)9-14/h6-8,11,13-14H,9-10H2,1-5H3;2*5-6,11-12H,7-10H2,1-4H3;4-8,12H,9-11H2,1-3H3;2*4-7,12H,8-11H2,1-3H3;2*3-6,11H,7-10H2,1-2H3;4-5,8,10H,6-7,9H2,1-3H3. The quantitative estimate of drug-likeness (QED) is 0.0869. The van der Waals surface area contributed by atoms with Crippen LogP contribution in [0, 0.1) is 73.9 Å². The van der Waals surface area contributed by atoms with E-state index in [1.807, 2.05) is 31.2 Å². The minimum Gasteiger partial charge on any atom is -0.369 e. The Bertz CT molecular complexity index is 5060. The maximum atomic E-state index is 13.6. The lowest BCUT2D eigenvalue weighted by Crippen LogP contribution is -2.58. The van der Waals surface area contributed by atoms with Crippen LogP contribution in [0.15, 0.2) is 200 Å². The number of rotatable bonds is 17. The third kappa shape index (κ3) is 37.6. The van der Waals surface area contributed by atoms with Gasteiger partial charge in [0.15, 0.2) is 0 Å². The lowest BCUT2D eigenvalue weighted by molar-refractivity contribution is 0.161. The summed E-state index contributed by atoms with van der Waals surface area (Å²) >= 11 is 6.20. The smallest absolute Gasteiger partial charge is 0.146 e. The van der Waals surface area contributed by atoms with E-state index in [0.717, 1.165) is 153 Å². The second kappa shape index (κ2) is 59.8. The van der Waals surface area contributed by atoms with E-state index in [4.69, 9.17) is 11.6 Å². The summed E-state index contributed by atoms with van der Waals surface area (Å²) in [6.07, 6.45) is 4.78. The highest BCUT2D eigenvalue weighted by molar-refractivity contribution is 6.33. The number of piperazine rings is 7. The summed E-state index contributed by atoms with van der Waals surface area (Å²) in [5.74, 6) is -0.249. The van der Waals surface area contributed by atoms with Crippen LogP contribution in [0.2, 0.25) is 5.02 Å². The average molecular weight is 2030 g/mol. The molecule has 808 valence electrons. The third-order valence-electron chi connectivity index (χ3n) is 31.4. The maximum absolute atomic E-state index is 13.6. The molecule has 9 aromatic carbocycles. The van der Waals surface area contributed by atoms with Crippen molar-refractivity contribution in [3.05, 3.63) is 284 Å². The summed E-state index contributed by atoms with van der Waals surface area (Å²) in [4.78, 5) is 39.6. The molecule has 0 amide bonds. The molecule has 7 fully saturated rings. The number of benzene rings is 9. The van der Waals surface area contributed by atoms with E-state index < -0.39 is 0 Å². The molecule has 18 rings (SSSR count). The number of anilines is 7. The summed E-state index contributed by atoms with van der Waals surface area (Å²) in [6.45, 7) is 98.3. The maximum Gasteiger partial charge on any atom is 0.146 e. The number of nitrogens with zero attached hydrogens (tertiary/aromatic N) is 16. The molecule has 0 spiro atoms. The van der Waals surface area contributed by atoms with Crippen molar-refractivity contribution < 1.29 is 8.78 Å². The van der Waals surface area contributed by atoms with E-state index in [0.29, 0.717) is 66.5 Å². The Balaban J connectivity index is 0.000000169. The van der Waals surface area contributed by atoms with Gasteiger partial charge >= 0.3 is 0 Å². The number of halogens is 3. The molecule has 16 nitrogen and oxygen atoms in total. The molecule has 0 saturated carbocycles. The Hall–Kier alpha value is -8.89. The van der Waals surface area contributed by atoms with Crippen molar-refractivity contribution in [2.75, 3.05) is 224 Å². The third-order valence-corrected chi connectivity index (χ3v) is 31.7. The van der Waals surface area contributed by atoms with Crippen molar-refractivity contribution in [1.29, 1.82) is 0 Å². The zero-order valence-electron chi connectivity index (χ0n) is 96.8. The van der Waals surface area contributed by atoms with Gasteiger partial charge in [0.05, 0.1) is 16.4 Å². The number of hydrogen-bond donors (Lipinski definition) is 0. The molecule has 9 aliphatic rings. The Morgan fingerprint density at radius 1 is 0.259 bits per heavy atom. The second-order valence-electron chi connectivity index (χ2n) is 45.5. The first kappa shape index (κ1) is 120. The molecule has 0 aromatic heterocycles. The lowest BCUT2D eigenvalue weighted by Gasteiger charge is -2.47. The van der Waals surface area contributed by atoms with Crippen LogP contribution < -0.4 is 34.3 Å². The number of para-hydroxylation sites is 3. The van der Waals surface area contributed by atoms with Gasteiger partial charge in [-0.15, -0.1) is 0 Å². The van der Waals surface area contributed by atoms with Gasteiger partial charge in [-0.05, 0) is 331 Å². The zero-order chi connectivity index (χ0) is 107. The van der Waals surface area contributed by atoms with Crippen molar-refractivity contribution in [2.24, 2.45) is 0 Å². The van der Waals surface area contributed by atoms with Gasteiger partial charge in [0.1, 0.15) is 11.6 Å². The minimum absolute atomic E-state index is 0.111. The first-order chi connectivity index (χ1) is 70.1. The normalized spacial score (nSPS) is 18.8. The fourth-order valence-corrected chi connectivity index (χ4v) is 22.0. The molecule has 7 saturated heterocycles. The molecule has 147 heavy (non-hydrogen) atoms. The molecule has 0 N–H and O–H groups in total. The Morgan fingerprint density at radius 3 is 0.980 bits per heavy atom. The van der Waals surface area contributed by atoms with Crippen molar-refractivity contribution >= 4 is 57.0 Å². The fourth-order valence-electron chi connectivity index (χ4n) is 21.8. The molecule has 0 aliphatic carbocycles. The van der Waals surface area contributed by atoms with Crippen LogP contribution in [0.5, 0.6) is 0 Å². The number of hydrogen-bond acceptors (Lipinski definition) is 16. The molecular weight excluding hydrogens is 1830 g/mol. The molecule has 9 heterocycles. The van der Waals surface area contributed by atoms with Crippen LogP contribution in [0.1, 0.15) is 212 Å². The highest BCUT2D eigenvalue weighted by Crippen LogP contribution is 2.34. The number of aryl methyl sites for hydroxylation is 9. The highest BCUT2D eigenvalue weighted by atomic mass is 35.5. The summed E-state index contributed by atoms with van der Waals surface area (Å²) in [6, 6.07) is 74.0. The zero-order valence-corrected chi connectivity index (χ0v) is 97.6. The molecule has 9 aromatic rings. The van der Waals surface area contributed by atoms with Crippen LogP contribution in [-0.2, 0) is 13.0 Å². The fraction of sp³-hybridized carbons (Fsp3) is 0.562. The molecule has 9 aliphatic heterocycles. The predicted octanol–water partition coefficient (Wildman–Crippen LogP) is 25.6. The van der Waals surface area contributed by atoms with Crippen LogP contribution in [0.25, 0.3) is 5.57 Å². The van der Waals surface area contributed by atoms with E-state index in [1.165, 1.54) is 174 Å². The molecule has 0 bridgehead atoms. The van der Waals surface area contributed by atoms with Crippen LogP contribution in [-0.4, -0.2) is 300 Å². The Kier molecular flexibility index (Phi) is 48.8. The topological polar surface area (TPSA) is 51.8 Å². The number of fused-ring (bicyclic) bond motifs is 1. The SMILES string of the molecule is CC(C)N1CCN(c2ccccc2Cl)CC1.CC(C)N1CCN(c2ccccc2F)CC1.Cc1cc(F)cc(N2C(C)CN(C(C)C)CC2C)c1.Cc1ccc(C2=CCN(C(C)C)CC2)cc1.Cc1ccc(N2CCN(C(C)C)CC2)c(C)c1.Cc1ccc(N2CCN(C(C)C)CC2)c(C)c1.Cc1ccc(N2CCN(C(C)C)CC2)cc1.Cc1ccc2c(c1)CCN(C(C)C)C2.Cc1ccccc1N1CCN(C(C)C)CC1. The van der Waals surface area contributed by atoms with Crippen molar-refractivity contribution in [2.45, 2.75) is 287 Å². The van der Waals surface area contributed by atoms with E-state index in [-0.39, 0.29) is 11.6 Å². The monoisotopic (exact) mass is 2030 g/mol. The minimum atomic E-state index is -0.138. The van der Waals surface area contributed by atoms with Gasteiger partial charge in [0.25, 0.3) is 0 Å². The largest absolute Gasteiger partial charge is 0.369 e. The Labute approximate surface area is 898 Å². The van der Waals surface area contributed by atoms with Crippen LogP contribution >= 0.6 is 11.6 Å². The summed E-state index contributed by atoms with van der Waals surface area (Å²) in [7, 11) is 0. The Morgan fingerprint density at radius 2 is 0.599 bits per heavy atom. The van der Waals surface area contributed by atoms with E-state index in [9.17, 15) is 8.78 Å². The van der Waals surface area contributed by atoms with Crippen LogP contribution in [0.3, 0.4) is 0 Å². The van der Waals surface area contributed by atoms with Gasteiger partial charge in [-0.25, -0.2) is 8.78 Å². The highest BCUT2D eigenvalue weighted by Gasteiger charge is 2.33. The van der Waals surface area contributed by atoms with Crippen molar-refractivity contribution in [3.63, 3.8) is 0 Å². The van der Waals surface area contributed by atoms with Gasteiger partial charge in [0.2, 0.25) is 0 Å². The second-order valence-corrected chi connectivity index (χ2v) is 45.9. The predicted molar refractivity (Wildman–Crippen MR) is 636 cm³/mol. The van der Waals surface area contributed by atoms with Gasteiger partial charge in [-0.1, -0.05) is 167 Å². The summed E-state index contributed by atoms with van der Waals surface area (Å²) in [5, 5.41) is 0.862. The molecular formula is C128H195ClF2N16. The molecule has 2 atom stereocenters. The van der Waals surface area contributed by atoms with Gasteiger partial charge in [0, 0.05) is 291 Å². The average Bonchev–Trinajstić information content (AvgIpc) is 0.795. The van der Waals surface area contributed by atoms with Crippen LogP contribution in [0.4, 0.5) is 48.6 Å². The van der Waals surface area contributed by atoms with E-state index in [1.54, 1.807) is 23.8 Å². The lowest BCUT2D eigenvalue weighted by atomic mass is 9.97. The first-order valence-electron chi connectivity index (χ1n) is 56.4. The van der Waals surface area contributed by atoms with E-state index >= 15 is 0 Å². The van der Waals surface area contributed by atoms with Gasteiger partial charge in [-0.2, -0.15) is 0 Å². The molecule has 2 unspecified atom stereocenters. The van der Waals surface area contributed by atoms with Crippen molar-refractivity contribution in [3.8, 4) is 0 Å². The van der Waals surface area contributed by atoms with Gasteiger partial charge in [-0.3, -0.25) is 44.1 Å². The summed E-state index contributed by atoms with van der Waals surface area (Å²) < 4.78 is 27.2. The van der Waals surface area contributed by atoms with Crippen molar-refractivity contribution in [1.82, 2.24) is 44.1 Å². The van der Waals surface area contributed by atoms with E-state index in [2.05, 4.69) is 424 Å². The first-order valence-corrected chi connectivity index (χ1v) is 56.8. The summed E-state index contributed by atoms with van der Waals surface area (Å²) in [5.41, 5.74) is 26.5. The molecule has 0 radical (unpaired) electrons. The molecule has 19 heteroatoms.